The van der Waals surface area contributed by atoms with Crippen molar-refractivity contribution in [3.63, 3.8) is 0 Å². The third-order valence-corrected chi connectivity index (χ3v) is 5.51. The molecule has 0 atom stereocenters. The van der Waals surface area contributed by atoms with Gasteiger partial charge in [0.05, 0.1) is 17.0 Å². The largest absolute Gasteiger partial charge is 0.339 e. The lowest BCUT2D eigenvalue weighted by Crippen LogP contribution is -2.35. The van der Waals surface area contributed by atoms with Gasteiger partial charge in [-0.15, -0.1) is 0 Å². The highest BCUT2D eigenvalue weighted by molar-refractivity contribution is 5.94. The summed E-state index contributed by atoms with van der Waals surface area (Å²) in [6, 6.07) is 12.5. The van der Waals surface area contributed by atoms with Gasteiger partial charge in [0.15, 0.2) is 0 Å². The lowest BCUT2D eigenvalue weighted by molar-refractivity contribution is 0.0724. The number of aryl methyl sites for hydroxylation is 1. The summed E-state index contributed by atoms with van der Waals surface area (Å²) in [5, 5.41) is 0. The van der Waals surface area contributed by atoms with E-state index in [1.807, 2.05) is 30.2 Å². The van der Waals surface area contributed by atoms with Crippen LogP contribution in [0.4, 0.5) is 0 Å². The van der Waals surface area contributed by atoms with Crippen LogP contribution in [0, 0.1) is 6.92 Å². The molecule has 0 saturated carbocycles. The van der Waals surface area contributed by atoms with Crippen molar-refractivity contribution in [3.8, 4) is 11.3 Å². The van der Waals surface area contributed by atoms with Crippen molar-refractivity contribution in [3.05, 3.63) is 59.4 Å². The molecule has 0 N–H and O–H groups in total. The van der Waals surface area contributed by atoms with E-state index in [4.69, 9.17) is 4.98 Å². The average Bonchev–Trinajstić information content (AvgIpc) is 3.03. The lowest BCUT2D eigenvalue weighted by Gasteiger charge is -2.26. The van der Waals surface area contributed by atoms with Crippen LogP contribution in [-0.2, 0) is 0 Å². The molecule has 3 aromatic rings. The number of nitrogens with zero attached hydrogens (tertiary/aromatic N) is 3. The monoisotopic (exact) mass is 361 g/mol. The maximum Gasteiger partial charge on any atom is 0.255 e. The maximum atomic E-state index is 12.9. The fraction of sp³-hybridized carbons (Fsp3) is 0.391. The van der Waals surface area contributed by atoms with Crippen molar-refractivity contribution in [2.75, 3.05) is 13.1 Å². The number of hydrogen-bond acceptors (Lipinski definition) is 2. The van der Waals surface area contributed by atoms with Crippen LogP contribution in [0.1, 0.15) is 60.6 Å². The molecule has 0 unspecified atom stereocenters. The molecule has 0 radical (unpaired) electrons. The fourth-order valence-electron chi connectivity index (χ4n) is 3.96. The van der Waals surface area contributed by atoms with Gasteiger partial charge in [-0.1, -0.05) is 32.0 Å². The van der Waals surface area contributed by atoms with E-state index in [1.54, 1.807) is 0 Å². The van der Waals surface area contributed by atoms with E-state index in [-0.39, 0.29) is 5.91 Å². The van der Waals surface area contributed by atoms with Crippen LogP contribution in [0.3, 0.4) is 0 Å². The molecule has 0 spiro atoms. The molecule has 3 heterocycles. The molecule has 1 aliphatic heterocycles. The Bertz CT molecular complexity index is 980. The molecule has 2 aromatic heterocycles. The number of likely N-dealkylation sites (tertiary alicyclic amines) is 1. The minimum Gasteiger partial charge on any atom is -0.339 e. The number of benzene rings is 1. The summed E-state index contributed by atoms with van der Waals surface area (Å²) < 4.78 is 2.08. The number of aromatic nitrogens is 2. The smallest absolute Gasteiger partial charge is 0.255 e. The zero-order valence-corrected chi connectivity index (χ0v) is 16.4. The van der Waals surface area contributed by atoms with E-state index >= 15 is 0 Å². The van der Waals surface area contributed by atoms with E-state index in [1.165, 1.54) is 12.0 Å². The van der Waals surface area contributed by atoms with Crippen LogP contribution in [-0.4, -0.2) is 33.3 Å². The fourth-order valence-corrected chi connectivity index (χ4v) is 3.96. The number of rotatable bonds is 3. The Hall–Kier alpha value is -2.62. The number of carbonyl (C=O) groups is 1. The van der Waals surface area contributed by atoms with Gasteiger partial charge >= 0.3 is 0 Å². The molecule has 1 amide bonds. The van der Waals surface area contributed by atoms with Crippen molar-refractivity contribution >= 4 is 11.6 Å². The summed E-state index contributed by atoms with van der Waals surface area (Å²) >= 11 is 0. The summed E-state index contributed by atoms with van der Waals surface area (Å²) in [6.45, 7) is 8.18. The Balaban J connectivity index is 1.78. The number of amides is 1. The summed E-state index contributed by atoms with van der Waals surface area (Å²) in [5.41, 5.74) is 6.13. The van der Waals surface area contributed by atoms with Crippen molar-refractivity contribution in [2.24, 2.45) is 0 Å². The zero-order valence-electron chi connectivity index (χ0n) is 16.4. The van der Waals surface area contributed by atoms with Gasteiger partial charge in [0.1, 0.15) is 5.65 Å². The third-order valence-electron chi connectivity index (χ3n) is 5.51. The van der Waals surface area contributed by atoms with Crippen LogP contribution in [0.2, 0.25) is 0 Å². The quantitative estimate of drug-likeness (QED) is 0.654. The minimum atomic E-state index is 0.129. The molecule has 1 aliphatic rings. The predicted octanol–water partition coefficient (Wildman–Crippen LogP) is 5.06. The molecule has 1 saturated heterocycles. The van der Waals surface area contributed by atoms with Crippen molar-refractivity contribution in [1.29, 1.82) is 0 Å². The van der Waals surface area contributed by atoms with Crippen molar-refractivity contribution in [1.82, 2.24) is 14.3 Å². The van der Waals surface area contributed by atoms with Gasteiger partial charge in [-0.05, 0) is 55.9 Å². The van der Waals surface area contributed by atoms with E-state index in [0.29, 0.717) is 5.92 Å². The first-order valence-electron chi connectivity index (χ1n) is 9.93. The SMILES string of the molecule is Cc1nc2ccc(C(=O)N3CCCCC3)cn2c1-c1cccc(C(C)C)c1. The first-order chi connectivity index (χ1) is 13.0. The second-order valence-corrected chi connectivity index (χ2v) is 7.82. The highest BCUT2D eigenvalue weighted by Gasteiger charge is 2.20. The highest BCUT2D eigenvalue weighted by atomic mass is 16.2. The molecule has 0 aliphatic carbocycles. The summed E-state index contributed by atoms with van der Waals surface area (Å²) in [5.74, 6) is 0.602. The normalized spacial score (nSPS) is 14.9. The van der Waals surface area contributed by atoms with E-state index in [2.05, 4.69) is 42.5 Å². The van der Waals surface area contributed by atoms with Crippen LogP contribution >= 0.6 is 0 Å². The molecule has 0 bridgehead atoms. The number of fused-ring (bicyclic) bond motifs is 1. The molecule has 4 heteroatoms. The highest BCUT2D eigenvalue weighted by Crippen LogP contribution is 2.28. The topological polar surface area (TPSA) is 37.6 Å². The van der Waals surface area contributed by atoms with Gasteiger partial charge in [0, 0.05) is 24.8 Å². The van der Waals surface area contributed by atoms with Crippen LogP contribution in [0.15, 0.2) is 42.6 Å². The second-order valence-electron chi connectivity index (χ2n) is 7.82. The summed E-state index contributed by atoms with van der Waals surface area (Å²) in [4.78, 5) is 19.6. The van der Waals surface area contributed by atoms with Gasteiger partial charge in [-0.25, -0.2) is 4.98 Å². The predicted molar refractivity (Wildman–Crippen MR) is 109 cm³/mol. The standard InChI is InChI=1S/C23H27N3O/c1-16(2)18-8-7-9-19(14-18)22-17(3)24-21-11-10-20(15-26(21)22)23(27)25-12-5-4-6-13-25/h7-11,14-16H,4-6,12-13H2,1-3H3. The maximum absolute atomic E-state index is 12.9. The van der Waals surface area contributed by atoms with Crippen molar-refractivity contribution < 1.29 is 4.79 Å². The molecule has 4 rings (SSSR count). The number of imidazole rings is 1. The Morgan fingerprint density at radius 3 is 2.59 bits per heavy atom. The van der Waals surface area contributed by atoms with E-state index < -0.39 is 0 Å². The Morgan fingerprint density at radius 2 is 1.85 bits per heavy atom. The Kier molecular flexibility index (Phi) is 4.73. The van der Waals surface area contributed by atoms with Gasteiger partial charge in [-0.3, -0.25) is 9.20 Å². The number of pyridine rings is 1. The van der Waals surface area contributed by atoms with Crippen LogP contribution in [0.25, 0.3) is 16.9 Å². The van der Waals surface area contributed by atoms with Gasteiger partial charge in [-0.2, -0.15) is 0 Å². The summed E-state index contributed by atoms with van der Waals surface area (Å²) in [7, 11) is 0. The van der Waals surface area contributed by atoms with Gasteiger partial charge in [0.25, 0.3) is 5.91 Å². The van der Waals surface area contributed by atoms with Crippen LogP contribution in [0.5, 0.6) is 0 Å². The summed E-state index contributed by atoms with van der Waals surface area (Å²) in [6.07, 6.45) is 5.39. The molecule has 1 fully saturated rings. The first kappa shape index (κ1) is 17.8. The molecule has 1 aromatic carbocycles. The van der Waals surface area contributed by atoms with E-state index in [0.717, 1.165) is 54.1 Å². The number of hydrogen-bond donors (Lipinski definition) is 0. The molecular weight excluding hydrogens is 334 g/mol. The number of piperidine rings is 1. The molecular formula is C23H27N3O. The minimum absolute atomic E-state index is 0.129. The lowest BCUT2D eigenvalue weighted by atomic mass is 9.99. The molecule has 4 nitrogen and oxygen atoms in total. The Morgan fingerprint density at radius 1 is 1.07 bits per heavy atom. The average molecular weight is 361 g/mol. The van der Waals surface area contributed by atoms with Gasteiger partial charge < -0.3 is 4.90 Å². The third kappa shape index (κ3) is 3.36. The van der Waals surface area contributed by atoms with Gasteiger partial charge in [0.2, 0.25) is 0 Å². The van der Waals surface area contributed by atoms with Crippen molar-refractivity contribution in [2.45, 2.75) is 46.0 Å². The molecule has 27 heavy (non-hydrogen) atoms. The first-order valence-corrected chi connectivity index (χ1v) is 9.93. The van der Waals surface area contributed by atoms with Crippen LogP contribution < -0.4 is 0 Å². The second kappa shape index (κ2) is 7.18. The Labute approximate surface area is 160 Å². The molecule has 140 valence electrons. The number of carbonyl (C=O) groups excluding carboxylic acids is 1. The van der Waals surface area contributed by atoms with E-state index in [9.17, 15) is 4.79 Å². The zero-order chi connectivity index (χ0) is 19.0.